The molecule has 0 aliphatic heterocycles. The molecule has 1 aromatic heterocycles. The quantitative estimate of drug-likeness (QED) is 0.159. The van der Waals surface area contributed by atoms with Gasteiger partial charge < -0.3 is 9.32 Å². The van der Waals surface area contributed by atoms with Crippen molar-refractivity contribution >= 4 is 39.0 Å². The zero-order valence-electron chi connectivity index (χ0n) is 35.0. The summed E-state index contributed by atoms with van der Waals surface area (Å²) in [6.07, 6.45) is 0. The van der Waals surface area contributed by atoms with Crippen LogP contribution >= 0.6 is 0 Å². The molecule has 0 amide bonds. The van der Waals surface area contributed by atoms with Crippen molar-refractivity contribution in [2.24, 2.45) is 0 Å². The molecule has 2 unspecified atom stereocenters. The standard InChI is InChI=1S/C62H41NO/c1-4-19-42(20-5-1)43-37-39-47(40-38-43)63(57-35-18-30-52-50-28-11-15-36-58(50)64-60(52)57)48-26-16-25-46(41-48)61(44-21-6-2-7-22-44)54-32-13-14-33-55(54)62(45-23-8-3-9-24-45)53-31-12-10-27-49(53)51-29-17-34-56(61)59(51)62/h1-41H. The van der Waals surface area contributed by atoms with E-state index in [1.54, 1.807) is 0 Å². The third kappa shape index (κ3) is 5.02. The Kier molecular flexibility index (Phi) is 8.07. The summed E-state index contributed by atoms with van der Waals surface area (Å²) in [6, 6.07) is 91.5. The normalized spacial score (nSPS) is 16.9. The first-order valence-electron chi connectivity index (χ1n) is 22.2. The van der Waals surface area contributed by atoms with E-state index in [9.17, 15) is 0 Å². The van der Waals surface area contributed by atoms with Gasteiger partial charge in [0.05, 0.1) is 16.5 Å². The van der Waals surface area contributed by atoms with Crippen molar-refractivity contribution in [1.82, 2.24) is 0 Å². The number of nitrogens with zero attached hydrogens (tertiary/aromatic N) is 1. The molecule has 0 spiro atoms. The fourth-order valence-corrected chi connectivity index (χ4v) is 11.5. The number of anilines is 3. The maximum atomic E-state index is 6.80. The van der Waals surface area contributed by atoms with E-state index in [2.05, 4.69) is 248 Å². The van der Waals surface area contributed by atoms with Crippen LogP contribution in [0, 0.1) is 0 Å². The second-order valence-electron chi connectivity index (χ2n) is 17.1. The van der Waals surface area contributed by atoms with Gasteiger partial charge in [-0.25, -0.2) is 0 Å². The van der Waals surface area contributed by atoms with E-state index in [0.717, 1.165) is 39.0 Å². The van der Waals surface area contributed by atoms with Crippen LogP contribution in [0.2, 0.25) is 0 Å². The lowest BCUT2D eigenvalue weighted by Crippen LogP contribution is -2.44. The molecule has 2 aliphatic rings. The van der Waals surface area contributed by atoms with Crippen LogP contribution in [-0.2, 0) is 10.8 Å². The summed E-state index contributed by atoms with van der Waals surface area (Å²) in [5.41, 5.74) is 18.8. The van der Waals surface area contributed by atoms with Crippen molar-refractivity contribution in [3.05, 3.63) is 293 Å². The predicted molar refractivity (Wildman–Crippen MR) is 263 cm³/mol. The monoisotopic (exact) mass is 815 g/mol. The number of hydrogen-bond acceptors (Lipinski definition) is 2. The Hall–Kier alpha value is -8.20. The van der Waals surface area contributed by atoms with Crippen LogP contribution in [0.5, 0.6) is 0 Å². The van der Waals surface area contributed by atoms with Crippen molar-refractivity contribution in [2.45, 2.75) is 10.8 Å². The number of rotatable bonds is 7. The number of furan rings is 1. The highest BCUT2D eigenvalue weighted by Gasteiger charge is 2.57. The Morgan fingerprint density at radius 1 is 0.328 bits per heavy atom. The Bertz CT molecular complexity index is 3550. The molecule has 64 heavy (non-hydrogen) atoms. The van der Waals surface area contributed by atoms with Gasteiger partial charge >= 0.3 is 0 Å². The summed E-state index contributed by atoms with van der Waals surface area (Å²) < 4.78 is 6.80. The summed E-state index contributed by atoms with van der Waals surface area (Å²) in [6.45, 7) is 0. The van der Waals surface area contributed by atoms with Crippen molar-refractivity contribution in [1.29, 1.82) is 0 Å². The Morgan fingerprint density at radius 2 is 0.859 bits per heavy atom. The largest absolute Gasteiger partial charge is 0.454 e. The van der Waals surface area contributed by atoms with Crippen molar-refractivity contribution in [2.75, 3.05) is 4.90 Å². The molecule has 2 atom stereocenters. The van der Waals surface area contributed by atoms with Gasteiger partial charge in [0.2, 0.25) is 0 Å². The van der Waals surface area contributed by atoms with E-state index in [0.29, 0.717) is 0 Å². The minimum atomic E-state index is -0.687. The van der Waals surface area contributed by atoms with Crippen LogP contribution in [0.25, 0.3) is 44.2 Å². The number of benzene rings is 10. The molecule has 0 saturated heterocycles. The topological polar surface area (TPSA) is 16.4 Å². The van der Waals surface area contributed by atoms with E-state index in [1.165, 1.54) is 66.8 Å². The molecule has 11 aromatic rings. The summed E-state index contributed by atoms with van der Waals surface area (Å²) in [5.74, 6) is 0. The van der Waals surface area contributed by atoms with E-state index in [-0.39, 0.29) is 0 Å². The zero-order valence-corrected chi connectivity index (χ0v) is 35.0. The first-order valence-corrected chi connectivity index (χ1v) is 22.2. The highest BCUT2D eigenvalue weighted by Crippen LogP contribution is 2.66. The van der Waals surface area contributed by atoms with Crippen molar-refractivity contribution in [3.8, 4) is 22.3 Å². The maximum Gasteiger partial charge on any atom is 0.159 e. The third-order valence-electron chi connectivity index (χ3n) is 14.0. The van der Waals surface area contributed by atoms with Gasteiger partial charge in [-0.3, -0.25) is 0 Å². The van der Waals surface area contributed by atoms with Crippen molar-refractivity contribution < 1.29 is 4.42 Å². The number of para-hydroxylation sites is 2. The average molecular weight is 816 g/mol. The van der Waals surface area contributed by atoms with Crippen LogP contribution in [0.1, 0.15) is 44.5 Å². The fraction of sp³-hybridized carbons (Fsp3) is 0.0323. The van der Waals surface area contributed by atoms with Gasteiger partial charge in [-0.2, -0.15) is 0 Å². The van der Waals surface area contributed by atoms with Gasteiger partial charge in [-0.15, -0.1) is 0 Å². The molecule has 1 heterocycles. The second kappa shape index (κ2) is 14.2. The lowest BCUT2D eigenvalue weighted by atomic mass is 9.51. The lowest BCUT2D eigenvalue weighted by molar-refractivity contribution is 0.626. The molecule has 0 bridgehead atoms. The van der Waals surface area contributed by atoms with Gasteiger partial charge in [-0.1, -0.05) is 212 Å². The van der Waals surface area contributed by atoms with E-state index in [4.69, 9.17) is 4.42 Å². The molecule has 13 rings (SSSR count). The van der Waals surface area contributed by atoms with Crippen molar-refractivity contribution in [3.63, 3.8) is 0 Å². The molecule has 2 heteroatoms. The van der Waals surface area contributed by atoms with Crippen LogP contribution < -0.4 is 4.90 Å². The lowest BCUT2D eigenvalue weighted by Gasteiger charge is -2.49. The van der Waals surface area contributed by atoms with Gasteiger partial charge in [0.15, 0.2) is 5.58 Å². The molecule has 2 aliphatic carbocycles. The Labute approximate surface area is 373 Å². The van der Waals surface area contributed by atoms with Crippen LogP contribution in [0.4, 0.5) is 17.1 Å². The molecule has 10 aromatic carbocycles. The number of hydrogen-bond donors (Lipinski definition) is 0. The Balaban J connectivity index is 1.11. The first-order chi connectivity index (χ1) is 31.8. The van der Waals surface area contributed by atoms with Gasteiger partial charge in [0, 0.05) is 22.1 Å². The molecule has 0 radical (unpaired) electrons. The zero-order chi connectivity index (χ0) is 42.2. The summed E-state index contributed by atoms with van der Waals surface area (Å²) >= 11 is 0. The highest BCUT2D eigenvalue weighted by molar-refractivity contribution is 6.10. The molecule has 0 N–H and O–H groups in total. The van der Waals surface area contributed by atoms with Crippen LogP contribution in [-0.4, -0.2) is 0 Å². The summed E-state index contributed by atoms with van der Waals surface area (Å²) in [5, 5.41) is 2.20. The van der Waals surface area contributed by atoms with E-state index < -0.39 is 10.8 Å². The number of fused-ring (bicyclic) bond motifs is 8. The summed E-state index contributed by atoms with van der Waals surface area (Å²) in [7, 11) is 0. The highest BCUT2D eigenvalue weighted by atomic mass is 16.3. The molecular weight excluding hydrogens is 775 g/mol. The van der Waals surface area contributed by atoms with Gasteiger partial charge in [0.25, 0.3) is 0 Å². The smallest absolute Gasteiger partial charge is 0.159 e. The Morgan fingerprint density at radius 3 is 1.62 bits per heavy atom. The van der Waals surface area contributed by atoms with Gasteiger partial charge in [0.1, 0.15) is 5.58 Å². The van der Waals surface area contributed by atoms with Gasteiger partial charge in [-0.05, 0) is 103 Å². The minimum absolute atomic E-state index is 0.514. The van der Waals surface area contributed by atoms with Crippen LogP contribution in [0.15, 0.2) is 253 Å². The average Bonchev–Trinajstić information content (AvgIpc) is 3.91. The maximum absolute atomic E-state index is 6.80. The van der Waals surface area contributed by atoms with E-state index >= 15 is 0 Å². The molecule has 300 valence electrons. The molecule has 2 nitrogen and oxygen atoms in total. The predicted octanol–water partition coefficient (Wildman–Crippen LogP) is 15.8. The molecule has 0 saturated carbocycles. The second-order valence-corrected chi connectivity index (χ2v) is 17.1. The first kappa shape index (κ1) is 36.5. The SMILES string of the molecule is c1ccc(-c2ccc(N(c3cccc(C4(c5ccccc5)c5ccccc5C5(c6ccccc6)c6ccccc6-c6cccc4c65)c3)c3cccc4c3oc3ccccc34)cc2)cc1. The van der Waals surface area contributed by atoms with E-state index in [1.807, 2.05) is 6.07 Å². The minimum Gasteiger partial charge on any atom is -0.454 e. The summed E-state index contributed by atoms with van der Waals surface area (Å²) in [4.78, 5) is 2.38. The van der Waals surface area contributed by atoms with Crippen LogP contribution in [0.3, 0.4) is 0 Å². The third-order valence-corrected chi connectivity index (χ3v) is 14.0. The fourth-order valence-electron chi connectivity index (χ4n) is 11.5. The molecular formula is C62H41NO. The molecule has 0 fully saturated rings.